The first-order valence-corrected chi connectivity index (χ1v) is 9.35. The number of sulfonamides is 1. The van der Waals surface area contributed by atoms with Crippen LogP contribution in [0.1, 0.15) is 24.0 Å². The van der Waals surface area contributed by atoms with E-state index in [2.05, 4.69) is 0 Å². The van der Waals surface area contributed by atoms with E-state index in [-0.39, 0.29) is 17.6 Å². The van der Waals surface area contributed by atoms with E-state index < -0.39 is 10.0 Å². The van der Waals surface area contributed by atoms with Gasteiger partial charge >= 0.3 is 0 Å². The first-order valence-electron chi connectivity index (χ1n) is 6.80. The van der Waals surface area contributed by atoms with Crippen LogP contribution in [0.15, 0.2) is 41.1 Å². The lowest BCUT2D eigenvalue weighted by atomic mass is 10.2. The first-order chi connectivity index (χ1) is 10.0. The second-order valence-corrected chi connectivity index (χ2v) is 7.99. The highest BCUT2D eigenvalue weighted by atomic mass is 32.2. The van der Waals surface area contributed by atoms with E-state index in [1.165, 1.54) is 24.3 Å². The van der Waals surface area contributed by atoms with Gasteiger partial charge in [0, 0.05) is 12.6 Å². The Hall–Kier alpha value is -1.24. The molecule has 0 bridgehead atoms. The largest absolute Gasteiger partial charge is 0.218 e. The fourth-order valence-electron chi connectivity index (χ4n) is 2.25. The molecule has 3 nitrogen and oxygen atoms in total. The van der Waals surface area contributed by atoms with Gasteiger partial charge in [0.15, 0.2) is 0 Å². The average molecular weight is 325 g/mol. The van der Waals surface area contributed by atoms with Crippen molar-refractivity contribution in [1.82, 2.24) is 4.31 Å². The molecular formula is C15H16FNO2S2. The van der Waals surface area contributed by atoms with Gasteiger partial charge in [-0.1, -0.05) is 12.1 Å². The van der Waals surface area contributed by atoms with Gasteiger partial charge in [-0.15, -0.1) is 0 Å². The van der Waals surface area contributed by atoms with Crippen LogP contribution >= 0.6 is 11.3 Å². The van der Waals surface area contributed by atoms with Gasteiger partial charge in [-0.25, -0.2) is 12.8 Å². The summed E-state index contributed by atoms with van der Waals surface area (Å²) in [6.07, 6.45) is 1.85. The molecule has 1 fully saturated rings. The zero-order valence-corrected chi connectivity index (χ0v) is 13.0. The second kappa shape index (κ2) is 5.87. The van der Waals surface area contributed by atoms with Crippen LogP contribution in [-0.2, 0) is 22.3 Å². The Morgan fingerprint density at radius 2 is 1.86 bits per heavy atom. The fraction of sp³-hybridized carbons (Fsp3) is 0.333. The molecule has 21 heavy (non-hydrogen) atoms. The van der Waals surface area contributed by atoms with Gasteiger partial charge in [0.2, 0.25) is 10.0 Å². The van der Waals surface area contributed by atoms with E-state index in [9.17, 15) is 12.8 Å². The van der Waals surface area contributed by atoms with Crippen molar-refractivity contribution in [1.29, 1.82) is 0 Å². The Kier molecular flexibility index (Phi) is 4.10. The number of nitrogens with zero attached hydrogens (tertiary/aromatic N) is 1. The predicted octanol–water partition coefficient (Wildman–Crippen LogP) is 3.38. The lowest BCUT2D eigenvalue weighted by Gasteiger charge is -2.21. The smallest absolute Gasteiger partial charge is 0.212 e. The minimum absolute atomic E-state index is 0.0755. The molecule has 2 aromatic rings. The number of hydrogen-bond acceptors (Lipinski definition) is 3. The standard InChI is InChI=1S/C15H16FNO2S2/c16-14-3-1-12(2-4-14)11-21(18,19)17(15-5-6-15)9-13-7-8-20-10-13/h1-4,7-8,10,15H,5-6,9,11H2. The molecule has 0 aliphatic heterocycles. The third kappa shape index (κ3) is 3.70. The number of benzene rings is 1. The van der Waals surface area contributed by atoms with Gasteiger partial charge in [-0.05, 0) is 52.9 Å². The van der Waals surface area contributed by atoms with Crippen LogP contribution in [0.4, 0.5) is 4.39 Å². The van der Waals surface area contributed by atoms with E-state index in [0.717, 1.165) is 18.4 Å². The van der Waals surface area contributed by atoms with Gasteiger partial charge in [-0.2, -0.15) is 15.6 Å². The number of halogens is 1. The van der Waals surface area contributed by atoms with Crippen molar-refractivity contribution in [3.63, 3.8) is 0 Å². The summed E-state index contributed by atoms with van der Waals surface area (Å²) < 4.78 is 39.8. The van der Waals surface area contributed by atoms with Crippen LogP contribution in [0.25, 0.3) is 0 Å². The maximum absolute atomic E-state index is 12.9. The van der Waals surface area contributed by atoms with E-state index in [1.807, 2.05) is 16.8 Å². The van der Waals surface area contributed by atoms with E-state index >= 15 is 0 Å². The molecule has 112 valence electrons. The molecule has 1 saturated carbocycles. The van der Waals surface area contributed by atoms with E-state index in [0.29, 0.717) is 12.1 Å². The molecule has 0 N–H and O–H groups in total. The average Bonchev–Trinajstić information content (AvgIpc) is 3.14. The minimum Gasteiger partial charge on any atom is -0.212 e. The third-order valence-electron chi connectivity index (χ3n) is 3.49. The highest BCUT2D eigenvalue weighted by molar-refractivity contribution is 7.88. The molecular weight excluding hydrogens is 309 g/mol. The molecule has 0 saturated heterocycles. The van der Waals surface area contributed by atoms with Crippen LogP contribution in [0, 0.1) is 5.82 Å². The molecule has 0 amide bonds. The molecule has 0 radical (unpaired) electrons. The molecule has 0 atom stereocenters. The van der Waals surface area contributed by atoms with Crippen molar-refractivity contribution >= 4 is 21.4 Å². The van der Waals surface area contributed by atoms with Crippen molar-refractivity contribution in [2.24, 2.45) is 0 Å². The molecule has 1 aromatic carbocycles. The number of hydrogen-bond donors (Lipinski definition) is 0. The van der Waals surface area contributed by atoms with Crippen LogP contribution in [0.3, 0.4) is 0 Å². The highest BCUT2D eigenvalue weighted by Crippen LogP contribution is 2.32. The molecule has 3 rings (SSSR count). The molecule has 6 heteroatoms. The summed E-state index contributed by atoms with van der Waals surface area (Å²) in [6.45, 7) is 0.428. The van der Waals surface area contributed by atoms with Crippen LogP contribution in [0.2, 0.25) is 0 Å². The van der Waals surface area contributed by atoms with Crippen molar-refractivity contribution in [2.75, 3.05) is 0 Å². The predicted molar refractivity (Wildman–Crippen MR) is 81.9 cm³/mol. The second-order valence-electron chi connectivity index (χ2n) is 5.29. The molecule has 1 aliphatic rings. The quantitative estimate of drug-likeness (QED) is 0.816. The summed E-state index contributed by atoms with van der Waals surface area (Å²) in [6, 6.07) is 7.73. The third-order valence-corrected chi connectivity index (χ3v) is 6.06. The van der Waals surface area contributed by atoms with E-state index in [1.54, 1.807) is 15.6 Å². The summed E-state index contributed by atoms with van der Waals surface area (Å²) in [7, 11) is -3.39. The Bertz CT molecular complexity index is 692. The first kappa shape index (κ1) is 14.7. The Morgan fingerprint density at radius 3 is 2.43 bits per heavy atom. The lowest BCUT2D eigenvalue weighted by Crippen LogP contribution is -2.33. The zero-order chi connectivity index (χ0) is 14.9. The molecule has 1 heterocycles. The SMILES string of the molecule is O=S(=O)(Cc1ccc(F)cc1)N(Cc1ccsc1)C1CC1. The normalized spacial score (nSPS) is 15.5. The fourth-order valence-corrected chi connectivity index (χ4v) is 4.70. The lowest BCUT2D eigenvalue weighted by molar-refractivity contribution is 0.398. The zero-order valence-electron chi connectivity index (χ0n) is 11.4. The number of rotatable bonds is 6. The van der Waals surface area contributed by atoms with Gasteiger partial charge in [0.05, 0.1) is 5.75 Å². The summed E-state index contributed by atoms with van der Waals surface area (Å²) in [5, 5.41) is 3.93. The van der Waals surface area contributed by atoms with Gasteiger partial charge in [0.25, 0.3) is 0 Å². The van der Waals surface area contributed by atoms with Crippen molar-refractivity contribution < 1.29 is 12.8 Å². The Labute approximate surface area is 128 Å². The van der Waals surface area contributed by atoms with Crippen LogP contribution < -0.4 is 0 Å². The molecule has 0 spiro atoms. The summed E-state index contributed by atoms with van der Waals surface area (Å²) in [5.74, 6) is -0.429. The summed E-state index contributed by atoms with van der Waals surface area (Å²) >= 11 is 1.57. The Balaban J connectivity index is 1.78. The summed E-state index contributed by atoms with van der Waals surface area (Å²) in [4.78, 5) is 0. The highest BCUT2D eigenvalue weighted by Gasteiger charge is 2.37. The summed E-state index contributed by atoms with van der Waals surface area (Å²) in [5.41, 5.74) is 1.64. The van der Waals surface area contributed by atoms with Crippen molar-refractivity contribution in [3.8, 4) is 0 Å². The topological polar surface area (TPSA) is 37.4 Å². The van der Waals surface area contributed by atoms with Crippen molar-refractivity contribution in [3.05, 3.63) is 58.0 Å². The maximum Gasteiger partial charge on any atom is 0.218 e. The maximum atomic E-state index is 12.9. The monoisotopic (exact) mass is 325 g/mol. The molecule has 1 aliphatic carbocycles. The van der Waals surface area contributed by atoms with Crippen LogP contribution in [0.5, 0.6) is 0 Å². The minimum atomic E-state index is -3.39. The van der Waals surface area contributed by atoms with Crippen molar-refractivity contribution in [2.45, 2.75) is 31.2 Å². The van der Waals surface area contributed by atoms with Gasteiger partial charge in [-0.3, -0.25) is 0 Å². The van der Waals surface area contributed by atoms with E-state index in [4.69, 9.17) is 0 Å². The van der Waals surface area contributed by atoms with Gasteiger partial charge < -0.3 is 0 Å². The number of thiophene rings is 1. The molecule has 0 unspecified atom stereocenters. The van der Waals surface area contributed by atoms with Gasteiger partial charge in [0.1, 0.15) is 5.82 Å². The van der Waals surface area contributed by atoms with Crippen LogP contribution in [-0.4, -0.2) is 18.8 Å². The Morgan fingerprint density at radius 1 is 1.14 bits per heavy atom. The molecule has 1 aromatic heterocycles.